The molecule has 0 spiro atoms. The van der Waals surface area contributed by atoms with Gasteiger partial charge >= 0.3 is 328 Å². The molecule has 0 unspecified atom stereocenters. The minimum atomic E-state index is -7.50. The molecular weight excluding hydrogens is 885 g/mol. The van der Waals surface area contributed by atoms with Crippen LogP contribution in [0.5, 0.6) is 0 Å². The molecule has 4 aromatic carbocycles. The first-order valence-electron chi connectivity index (χ1n) is 18.6. The Morgan fingerprint density at radius 1 is 0.481 bits per heavy atom. The van der Waals surface area contributed by atoms with Crippen LogP contribution < -0.4 is 6.64 Å². The Labute approximate surface area is 325 Å². The van der Waals surface area contributed by atoms with E-state index >= 15 is 0 Å². The summed E-state index contributed by atoms with van der Waals surface area (Å²) >= 11 is 5.86. The molecule has 0 aliphatic heterocycles. The number of benzene rings is 4. The van der Waals surface area contributed by atoms with E-state index in [0.29, 0.717) is 10.0 Å². The van der Waals surface area contributed by atoms with Gasteiger partial charge in [-0.1, -0.05) is 0 Å². The number of hydrogen-bond donors (Lipinski definition) is 0. The Kier molecular flexibility index (Phi) is 8.59. The molecule has 0 N–H and O–H groups in total. The zero-order chi connectivity index (χ0) is 38.8. The molecule has 0 nitrogen and oxygen atoms in total. The van der Waals surface area contributed by atoms with Gasteiger partial charge in [-0.3, -0.25) is 0 Å². The minimum absolute atomic E-state index is 0.115. The standard InChI is InChI=1S/C29H41.2C6H4Cl.C5H5.CH2.2ClH.Hf/c1-26(2,3)22-14-18-13-19-15-23(27(4,5)6)25(29(10,11)12)17-21(19)20(18)16-24(22)28(7,8)9;2*7-6-4-2-1-3-5-6;1-2-4-5-3-1;;;;/h13-17H,1-12H3;2*2-5H;1-5H;1H2;2*1H;/q;;;;;;;+2/p-2. The topological polar surface area (TPSA) is 0 Å². The molecule has 5 heteroatoms. The Bertz CT molecular complexity index is 2170. The first-order chi connectivity index (χ1) is 23.5. The predicted octanol–water partition coefficient (Wildman–Crippen LogP) is 14.3. The van der Waals surface area contributed by atoms with Crippen LogP contribution in [0, 0.1) is 0 Å². The molecule has 0 bridgehead atoms. The van der Waals surface area contributed by atoms with Crippen LogP contribution >= 0.6 is 40.4 Å². The van der Waals surface area contributed by atoms with Crippen molar-refractivity contribution < 1.29 is 12.7 Å². The fourth-order valence-corrected chi connectivity index (χ4v) is 50.3. The molecule has 0 radical (unpaired) electrons. The van der Waals surface area contributed by atoms with E-state index in [-0.39, 0.29) is 21.7 Å². The molecule has 0 atom stereocenters. The summed E-state index contributed by atoms with van der Waals surface area (Å²) in [6, 6.07) is 25.7. The maximum absolute atomic E-state index is 9.39. The molecule has 0 fully saturated rings. The number of allylic oxidation sites excluding steroid dienone is 4. The predicted molar refractivity (Wildman–Crippen MR) is 232 cm³/mol. The van der Waals surface area contributed by atoms with Gasteiger partial charge in [0.2, 0.25) is 0 Å². The first-order valence-corrected chi connectivity index (χ1v) is 38.6. The van der Waals surface area contributed by atoms with Crippen LogP contribution in [-0.4, -0.2) is 4.26 Å². The Balaban J connectivity index is 2.01. The number of hydrogen-bond acceptors (Lipinski definition) is 0. The van der Waals surface area contributed by atoms with Crippen molar-refractivity contribution in [3.05, 3.63) is 141 Å². The summed E-state index contributed by atoms with van der Waals surface area (Å²) in [4.78, 5) is 0. The van der Waals surface area contributed by atoms with E-state index < -0.39 is 20.1 Å². The number of halogens is 4. The molecule has 0 saturated heterocycles. The van der Waals surface area contributed by atoms with E-state index in [1.807, 2.05) is 24.3 Å². The van der Waals surface area contributed by atoms with Crippen LogP contribution in [0.15, 0.2) is 97.1 Å². The molecule has 52 heavy (non-hydrogen) atoms. The monoisotopic (exact) mass is 940 g/mol. The zero-order valence-electron chi connectivity index (χ0n) is 33.1. The Hall–Kier alpha value is -1.74. The van der Waals surface area contributed by atoms with Gasteiger partial charge in [-0.25, -0.2) is 0 Å². The van der Waals surface area contributed by atoms with Crippen LogP contribution in [0.3, 0.4) is 0 Å². The van der Waals surface area contributed by atoms with Crippen molar-refractivity contribution in [2.45, 2.75) is 112 Å². The summed E-state index contributed by atoms with van der Waals surface area (Å²) in [5.41, 5.74) is 9.28. The van der Waals surface area contributed by atoms with Gasteiger partial charge in [-0.05, 0) is 0 Å². The average Bonchev–Trinajstić information content (AvgIpc) is 3.67. The van der Waals surface area contributed by atoms with Crippen LogP contribution in [0.4, 0.5) is 0 Å². The van der Waals surface area contributed by atoms with Crippen molar-refractivity contribution in [3.8, 4) is 11.1 Å². The Morgan fingerprint density at radius 2 is 0.769 bits per heavy atom. The summed E-state index contributed by atoms with van der Waals surface area (Å²) in [7, 11) is 18.8. The van der Waals surface area contributed by atoms with Gasteiger partial charge in [0.05, 0.1) is 0 Å². The van der Waals surface area contributed by atoms with Gasteiger partial charge in [0.15, 0.2) is 0 Å². The maximum atomic E-state index is 9.39. The van der Waals surface area contributed by atoms with Crippen molar-refractivity contribution >= 4 is 51.3 Å². The number of fused-ring (bicyclic) bond motifs is 3. The van der Waals surface area contributed by atoms with Gasteiger partial charge < -0.3 is 0 Å². The zero-order valence-corrected chi connectivity index (χ0v) is 39.7. The van der Waals surface area contributed by atoms with Crippen LogP contribution in [-0.2, 0) is 34.4 Å². The molecule has 6 rings (SSSR count). The summed E-state index contributed by atoms with van der Waals surface area (Å²) in [5, 5.41) is 1.23. The summed E-state index contributed by atoms with van der Waals surface area (Å²) in [6.07, 6.45) is 8.51. The van der Waals surface area contributed by atoms with E-state index in [2.05, 4.69) is 156 Å². The molecule has 276 valence electrons. The van der Waals surface area contributed by atoms with Gasteiger partial charge in [0, 0.05) is 0 Å². The van der Waals surface area contributed by atoms with Crippen LogP contribution in [0.1, 0.15) is 120 Å². The van der Waals surface area contributed by atoms with Crippen molar-refractivity contribution in [1.82, 2.24) is 0 Å². The van der Waals surface area contributed by atoms with Crippen LogP contribution in [0.25, 0.3) is 11.1 Å². The van der Waals surface area contributed by atoms with E-state index in [1.165, 1.54) is 33.4 Å². The average molecular weight is 941 g/mol. The van der Waals surface area contributed by atoms with Crippen molar-refractivity contribution in [2.24, 2.45) is 0 Å². The SMILES string of the molecule is [CH2]=[Hf]([Cl])([Cl])([c]1ccc(Cl)cc1)([c]1ccc(Cl)cc1)([CH]1C=CC=C1)[CH]1c2cc(C(C)(C)C)c(C(C)(C)C)cc2-c2cc(C(C)(C)C)c(C(C)(C)C)cc21. The second-order valence-corrected chi connectivity index (χ2v) is 72.4. The summed E-state index contributed by atoms with van der Waals surface area (Å²) < 4.78 is 6.26. The molecule has 4 aromatic rings. The first kappa shape index (κ1) is 39.9. The molecule has 0 amide bonds. The summed E-state index contributed by atoms with van der Waals surface area (Å²) in [6.45, 7) is 27.7. The third-order valence-electron chi connectivity index (χ3n) is 12.7. The summed E-state index contributed by atoms with van der Waals surface area (Å²) in [5.74, 6) is 0. The number of rotatable bonds is 4. The van der Waals surface area contributed by atoms with E-state index in [4.69, 9.17) is 27.5 Å². The molecule has 0 heterocycles. The van der Waals surface area contributed by atoms with Gasteiger partial charge in [0.1, 0.15) is 0 Å². The van der Waals surface area contributed by atoms with Gasteiger partial charge in [-0.15, -0.1) is 0 Å². The van der Waals surface area contributed by atoms with E-state index in [0.717, 1.165) is 17.8 Å². The molecule has 2 aliphatic carbocycles. The Morgan fingerprint density at radius 3 is 1.06 bits per heavy atom. The molecule has 0 aromatic heterocycles. The fourth-order valence-electron chi connectivity index (χ4n) is 9.81. The second kappa shape index (κ2) is 11.2. The third kappa shape index (κ3) is 5.40. The van der Waals surface area contributed by atoms with E-state index in [1.54, 1.807) is 0 Å². The third-order valence-corrected chi connectivity index (χ3v) is 60.5. The van der Waals surface area contributed by atoms with Crippen molar-refractivity contribution in [2.75, 3.05) is 0 Å². The second-order valence-electron chi connectivity index (χ2n) is 20.5. The van der Waals surface area contributed by atoms with Crippen LogP contribution in [0.2, 0.25) is 13.7 Å². The van der Waals surface area contributed by atoms with Gasteiger partial charge in [-0.2, -0.15) is 0 Å². The van der Waals surface area contributed by atoms with Gasteiger partial charge in [0.25, 0.3) is 0 Å². The molecule has 0 saturated carbocycles. The molecular formula is C47H56Cl4Hf. The van der Waals surface area contributed by atoms with Crippen molar-refractivity contribution in [1.29, 1.82) is 0 Å². The fraction of sp³-hybridized carbons (Fsp3) is 0.383. The normalized spacial score (nSPS) is 17.7. The molecule has 2 aliphatic rings. The van der Waals surface area contributed by atoms with E-state index in [9.17, 15) is 17.2 Å². The quantitative estimate of drug-likeness (QED) is 0.179. The van der Waals surface area contributed by atoms with Crippen molar-refractivity contribution in [3.63, 3.8) is 0 Å².